The van der Waals surface area contributed by atoms with E-state index in [4.69, 9.17) is 0 Å². The summed E-state index contributed by atoms with van der Waals surface area (Å²) in [5.74, 6) is 0.606. The van der Waals surface area contributed by atoms with E-state index in [1.165, 1.54) is 6.42 Å². The van der Waals surface area contributed by atoms with Crippen LogP contribution in [0.3, 0.4) is 0 Å². The van der Waals surface area contributed by atoms with Crippen molar-refractivity contribution in [2.75, 3.05) is 11.9 Å². The second-order valence-corrected chi connectivity index (χ2v) is 4.26. The lowest BCUT2D eigenvalue weighted by Gasteiger charge is -2.32. The number of rotatable bonds is 3. The largest absolute Gasteiger partial charge is 0.388 e. The van der Waals surface area contributed by atoms with Crippen molar-refractivity contribution in [3.63, 3.8) is 0 Å². The summed E-state index contributed by atoms with van der Waals surface area (Å²) < 4.78 is 1.56. The average Bonchev–Trinajstić information content (AvgIpc) is 2.62. The molecule has 2 rings (SSSR count). The number of anilines is 1. The van der Waals surface area contributed by atoms with Crippen LogP contribution < -0.4 is 5.32 Å². The number of aromatic nitrogens is 4. The highest BCUT2D eigenvalue weighted by Gasteiger charge is 2.29. The van der Waals surface area contributed by atoms with Crippen LogP contribution in [-0.4, -0.2) is 37.5 Å². The van der Waals surface area contributed by atoms with Gasteiger partial charge >= 0.3 is 0 Å². The van der Waals surface area contributed by atoms with Crippen molar-refractivity contribution in [3.8, 4) is 0 Å². The summed E-state index contributed by atoms with van der Waals surface area (Å²) >= 11 is 0. The third-order valence-corrected chi connectivity index (χ3v) is 2.98. The Morgan fingerprint density at radius 2 is 2.13 bits per heavy atom. The summed E-state index contributed by atoms with van der Waals surface area (Å²) in [7, 11) is 1.77. The molecule has 0 radical (unpaired) electrons. The van der Waals surface area contributed by atoms with Crippen molar-refractivity contribution in [1.82, 2.24) is 20.2 Å². The van der Waals surface area contributed by atoms with Gasteiger partial charge in [0.25, 0.3) is 0 Å². The molecule has 1 aliphatic carbocycles. The number of aryl methyl sites for hydroxylation is 1. The van der Waals surface area contributed by atoms with E-state index in [0.29, 0.717) is 12.5 Å². The molecule has 0 spiro atoms. The number of nitrogens with zero attached hydrogens (tertiary/aromatic N) is 4. The van der Waals surface area contributed by atoms with Crippen LogP contribution in [0.5, 0.6) is 0 Å². The van der Waals surface area contributed by atoms with Gasteiger partial charge in [-0.05, 0) is 23.3 Å². The second-order valence-electron chi connectivity index (χ2n) is 4.26. The van der Waals surface area contributed by atoms with Gasteiger partial charge in [-0.2, -0.15) is 0 Å². The standard InChI is InChI=1S/C9H17N5O/c1-14-8(11-12-13-14)10-7-9(15)5-3-2-4-6-9/h15H,2-7H2,1H3,(H,10,11,13). The zero-order valence-corrected chi connectivity index (χ0v) is 8.98. The summed E-state index contributed by atoms with van der Waals surface area (Å²) in [5.41, 5.74) is -0.579. The van der Waals surface area contributed by atoms with Gasteiger partial charge in [-0.1, -0.05) is 24.4 Å². The van der Waals surface area contributed by atoms with Crippen molar-refractivity contribution in [2.24, 2.45) is 7.05 Å². The van der Waals surface area contributed by atoms with Crippen molar-refractivity contribution < 1.29 is 5.11 Å². The van der Waals surface area contributed by atoms with Crippen LogP contribution in [0.4, 0.5) is 5.95 Å². The van der Waals surface area contributed by atoms with Crippen LogP contribution in [0.1, 0.15) is 32.1 Å². The molecule has 0 unspecified atom stereocenters. The maximum atomic E-state index is 10.2. The predicted molar refractivity (Wildman–Crippen MR) is 55.3 cm³/mol. The van der Waals surface area contributed by atoms with E-state index in [9.17, 15) is 5.11 Å². The molecule has 1 heterocycles. The van der Waals surface area contributed by atoms with Gasteiger partial charge in [0.15, 0.2) is 0 Å². The third kappa shape index (κ3) is 2.44. The Morgan fingerprint density at radius 3 is 2.73 bits per heavy atom. The van der Waals surface area contributed by atoms with E-state index in [1.54, 1.807) is 11.7 Å². The van der Waals surface area contributed by atoms with Gasteiger partial charge in [0.05, 0.1) is 5.60 Å². The lowest BCUT2D eigenvalue weighted by Crippen LogP contribution is -2.39. The number of nitrogens with one attached hydrogen (secondary N) is 1. The average molecular weight is 211 g/mol. The number of hydrogen-bond acceptors (Lipinski definition) is 5. The maximum absolute atomic E-state index is 10.2. The highest BCUT2D eigenvalue weighted by Crippen LogP contribution is 2.27. The molecule has 15 heavy (non-hydrogen) atoms. The second kappa shape index (κ2) is 4.14. The molecule has 0 bridgehead atoms. The summed E-state index contributed by atoms with van der Waals surface area (Å²) in [5, 5.41) is 24.4. The first-order valence-electron chi connectivity index (χ1n) is 5.38. The zero-order valence-electron chi connectivity index (χ0n) is 8.98. The summed E-state index contributed by atoms with van der Waals surface area (Å²) in [6.07, 6.45) is 5.18. The van der Waals surface area contributed by atoms with E-state index in [2.05, 4.69) is 20.8 Å². The summed E-state index contributed by atoms with van der Waals surface area (Å²) in [4.78, 5) is 0. The van der Waals surface area contributed by atoms with Crippen LogP contribution in [0.15, 0.2) is 0 Å². The summed E-state index contributed by atoms with van der Waals surface area (Å²) in [6, 6.07) is 0. The van der Waals surface area contributed by atoms with E-state index >= 15 is 0 Å². The highest BCUT2D eigenvalue weighted by molar-refractivity contribution is 5.22. The molecular weight excluding hydrogens is 194 g/mol. The van der Waals surface area contributed by atoms with E-state index in [-0.39, 0.29) is 0 Å². The van der Waals surface area contributed by atoms with Gasteiger partial charge in [0.2, 0.25) is 5.95 Å². The van der Waals surface area contributed by atoms with E-state index in [1.807, 2.05) is 0 Å². The number of tetrazole rings is 1. The number of hydrogen-bond donors (Lipinski definition) is 2. The quantitative estimate of drug-likeness (QED) is 0.753. The molecule has 0 atom stereocenters. The van der Waals surface area contributed by atoms with Crippen molar-refractivity contribution in [3.05, 3.63) is 0 Å². The normalized spacial score (nSPS) is 20.1. The van der Waals surface area contributed by atoms with Crippen molar-refractivity contribution in [2.45, 2.75) is 37.7 Å². The lowest BCUT2D eigenvalue weighted by atomic mass is 9.85. The molecule has 6 nitrogen and oxygen atoms in total. The van der Waals surface area contributed by atoms with Gasteiger partial charge in [-0.15, -0.1) is 0 Å². The monoisotopic (exact) mass is 211 g/mol. The Labute approximate surface area is 88.7 Å². The van der Waals surface area contributed by atoms with Gasteiger partial charge in [0, 0.05) is 13.6 Å². The first-order valence-corrected chi connectivity index (χ1v) is 5.38. The highest BCUT2D eigenvalue weighted by atomic mass is 16.3. The van der Waals surface area contributed by atoms with Crippen LogP contribution in [0.25, 0.3) is 0 Å². The molecule has 1 fully saturated rings. The van der Waals surface area contributed by atoms with E-state index in [0.717, 1.165) is 25.7 Å². The first-order chi connectivity index (χ1) is 7.20. The fourth-order valence-electron chi connectivity index (χ4n) is 2.01. The lowest BCUT2D eigenvalue weighted by molar-refractivity contribution is 0.0165. The molecule has 0 amide bonds. The van der Waals surface area contributed by atoms with Crippen LogP contribution >= 0.6 is 0 Å². The molecule has 2 N–H and O–H groups in total. The van der Waals surface area contributed by atoms with Gasteiger partial charge < -0.3 is 10.4 Å². The molecule has 1 aromatic heterocycles. The molecule has 1 saturated carbocycles. The Kier molecular flexibility index (Phi) is 2.86. The smallest absolute Gasteiger partial charge is 0.242 e. The SMILES string of the molecule is Cn1nnnc1NCC1(O)CCCCC1. The fraction of sp³-hybridized carbons (Fsp3) is 0.889. The summed E-state index contributed by atoms with van der Waals surface area (Å²) in [6.45, 7) is 0.529. The molecule has 1 aromatic rings. The van der Waals surface area contributed by atoms with Gasteiger partial charge in [-0.3, -0.25) is 0 Å². The molecule has 1 aliphatic rings. The number of aliphatic hydroxyl groups is 1. The minimum Gasteiger partial charge on any atom is -0.388 e. The topological polar surface area (TPSA) is 75.9 Å². The molecule has 0 aromatic carbocycles. The van der Waals surface area contributed by atoms with Crippen molar-refractivity contribution in [1.29, 1.82) is 0 Å². The Hall–Kier alpha value is -1.17. The predicted octanol–water partition coefficient (Wildman–Crippen LogP) is 0.317. The third-order valence-electron chi connectivity index (χ3n) is 2.98. The zero-order chi connectivity index (χ0) is 10.7. The van der Waals surface area contributed by atoms with Crippen molar-refractivity contribution >= 4 is 5.95 Å². The molecule has 84 valence electrons. The Bertz CT molecular complexity index is 318. The van der Waals surface area contributed by atoms with E-state index < -0.39 is 5.60 Å². The Balaban J connectivity index is 1.89. The first kappa shape index (κ1) is 10.4. The molecule has 0 saturated heterocycles. The molecular formula is C9H17N5O. The van der Waals surface area contributed by atoms with Crippen LogP contribution in [-0.2, 0) is 7.05 Å². The Morgan fingerprint density at radius 1 is 1.40 bits per heavy atom. The van der Waals surface area contributed by atoms with Crippen LogP contribution in [0, 0.1) is 0 Å². The minimum atomic E-state index is -0.579. The fourth-order valence-corrected chi connectivity index (χ4v) is 2.01. The molecule has 6 heteroatoms. The van der Waals surface area contributed by atoms with Crippen LogP contribution in [0.2, 0.25) is 0 Å². The minimum absolute atomic E-state index is 0.529. The maximum Gasteiger partial charge on any atom is 0.242 e. The van der Waals surface area contributed by atoms with Gasteiger partial charge in [0.1, 0.15) is 0 Å². The van der Waals surface area contributed by atoms with Gasteiger partial charge in [-0.25, -0.2) is 4.68 Å². The molecule has 0 aliphatic heterocycles.